The third kappa shape index (κ3) is 4.79. The third-order valence-corrected chi connectivity index (χ3v) is 3.99. The summed E-state index contributed by atoms with van der Waals surface area (Å²) in [5.41, 5.74) is 9.91. The summed E-state index contributed by atoms with van der Waals surface area (Å²) in [6, 6.07) is 0. The Morgan fingerprint density at radius 3 is 1.28 bits per heavy atom. The van der Waals surface area contributed by atoms with E-state index in [4.69, 9.17) is 74.6 Å². The average Bonchev–Trinajstić information content (AvgIpc) is 2.40. The molecule has 0 saturated heterocycles. The van der Waals surface area contributed by atoms with Gasteiger partial charge in [0, 0.05) is 13.1 Å². The quantitative estimate of drug-likeness (QED) is 0.484. The number of halogens is 5. The van der Waals surface area contributed by atoms with Crippen molar-refractivity contribution in [2.75, 3.05) is 13.1 Å². The number of hydrogen-bond acceptors (Lipinski definition) is 4. The number of aliphatic hydroxyl groups is 1. The number of phenolic OH excluding ortho intramolecular Hbond substituents is 1. The van der Waals surface area contributed by atoms with Gasteiger partial charge in [0.25, 0.3) is 0 Å². The third-order valence-electron chi connectivity index (χ3n) is 1.73. The molecule has 0 atom stereocenters. The molecule has 0 saturated carbocycles. The van der Waals surface area contributed by atoms with Crippen molar-refractivity contribution in [1.29, 1.82) is 0 Å². The molecule has 9 heteroatoms. The molecule has 0 spiro atoms. The van der Waals surface area contributed by atoms with Gasteiger partial charge in [-0.3, -0.25) is 0 Å². The smallest absolute Gasteiger partial charge is 0.155 e. The van der Waals surface area contributed by atoms with E-state index in [1.165, 1.54) is 0 Å². The number of phenols is 1. The van der Waals surface area contributed by atoms with Crippen molar-refractivity contribution in [3.63, 3.8) is 0 Å². The predicted molar refractivity (Wildman–Crippen MR) is 77.3 cm³/mol. The molecular formula is C9H11Cl5N2O2. The van der Waals surface area contributed by atoms with E-state index in [-0.39, 0.29) is 44.0 Å². The van der Waals surface area contributed by atoms with Crippen LogP contribution in [0, 0.1) is 0 Å². The minimum absolute atomic E-state index is 0.00904. The summed E-state index contributed by atoms with van der Waals surface area (Å²) in [5, 5.41) is 17.4. The second-order valence-corrected chi connectivity index (χ2v) is 4.93. The van der Waals surface area contributed by atoms with Gasteiger partial charge in [0.05, 0.1) is 21.2 Å². The van der Waals surface area contributed by atoms with Crippen molar-refractivity contribution >= 4 is 58.0 Å². The molecule has 0 unspecified atom stereocenters. The highest BCUT2D eigenvalue weighted by atomic mass is 35.5. The van der Waals surface area contributed by atoms with Gasteiger partial charge < -0.3 is 21.7 Å². The maximum absolute atomic E-state index is 9.20. The van der Waals surface area contributed by atoms with Crippen molar-refractivity contribution in [2.24, 2.45) is 11.5 Å². The van der Waals surface area contributed by atoms with Crippen LogP contribution >= 0.6 is 58.0 Å². The van der Waals surface area contributed by atoms with Gasteiger partial charge in [0.15, 0.2) is 5.75 Å². The highest BCUT2D eigenvalue weighted by Gasteiger charge is 2.18. The molecule has 104 valence electrons. The lowest BCUT2D eigenvalue weighted by molar-refractivity contribution is 0.191. The topological polar surface area (TPSA) is 92.5 Å². The summed E-state index contributed by atoms with van der Waals surface area (Å²) in [4.78, 5) is 0. The fraction of sp³-hybridized carbons (Fsp3) is 0.333. The Morgan fingerprint density at radius 2 is 1.06 bits per heavy atom. The number of nitrogens with two attached hydrogens (primary N) is 2. The minimum atomic E-state index is -0.509. The van der Waals surface area contributed by atoms with Gasteiger partial charge in [-0.25, -0.2) is 0 Å². The zero-order valence-electron chi connectivity index (χ0n) is 8.93. The molecule has 4 nitrogen and oxygen atoms in total. The van der Waals surface area contributed by atoms with Crippen LogP contribution in [-0.2, 0) is 0 Å². The first kappa shape index (κ1) is 18.4. The second kappa shape index (κ2) is 8.51. The van der Waals surface area contributed by atoms with E-state index < -0.39 is 6.10 Å². The van der Waals surface area contributed by atoms with Crippen LogP contribution in [0.4, 0.5) is 0 Å². The Labute approximate surface area is 129 Å². The molecule has 0 aliphatic heterocycles. The van der Waals surface area contributed by atoms with E-state index in [1.807, 2.05) is 0 Å². The zero-order chi connectivity index (χ0) is 14.5. The molecule has 1 aromatic carbocycles. The standard InChI is InChI=1S/C6HCl5O.C3H10N2O/c7-1-2(8)4(10)6(12)5(11)3(1)9;4-1-3(6)2-5/h12H;3,6H,1-2,4-5H2. The first-order valence-corrected chi connectivity index (χ1v) is 6.45. The van der Waals surface area contributed by atoms with E-state index in [0.29, 0.717) is 0 Å². The predicted octanol–water partition coefficient (Wildman–Crippen LogP) is 2.92. The van der Waals surface area contributed by atoms with Gasteiger partial charge in [-0.05, 0) is 0 Å². The molecule has 0 amide bonds. The lowest BCUT2D eigenvalue weighted by Gasteiger charge is -2.06. The maximum Gasteiger partial charge on any atom is 0.155 e. The van der Waals surface area contributed by atoms with E-state index >= 15 is 0 Å². The van der Waals surface area contributed by atoms with Gasteiger partial charge in [-0.2, -0.15) is 0 Å². The number of aliphatic hydroxyl groups excluding tert-OH is 1. The van der Waals surface area contributed by atoms with Gasteiger partial charge in [-0.1, -0.05) is 58.0 Å². The normalized spacial score (nSPS) is 10.3. The Kier molecular flexibility index (Phi) is 8.67. The second-order valence-electron chi connectivity index (χ2n) is 3.04. The first-order valence-electron chi connectivity index (χ1n) is 4.56. The van der Waals surface area contributed by atoms with Crippen LogP contribution < -0.4 is 11.5 Å². The summed E-state index contributed by atoms with van der Waals surface area (Å²) in [6.45, 7) is 0.521. The summed E-state index contributed by atoms with van der Waals surface area (Å²) in [5.74, 6) is -0.363. The fourth-order valence-corrected chi connectivity index (χ4v) is 1.82. The largest absolute Gasteiger partial charge is 0.505 e. The lowest BCUT2D eigenvalue weighted by Crippen LogP contribution is -2.27. The van der Waals surface area contributed by atoms with Crippen molar-refractivity contribution < 1.29 is 10.2 Å². The molecule has 0 bridgehead atoms. The van der Waals surface area contributed by atoms with E-state index in [9.17, 15) is 5.11 Å². The summed E-state index contributed by atoms with van der Waals surface area (Å²) in [7, 11) is 0. The SMILES string of the molecule is NCC(O)CN.Oc1c(Cl)c(Cl)c(Cl)c(Cl)c1Cl. The van der Waals surface area contributed by atoms with Crippen molar-refractivity contribution in [1.82, 2.24) is 0 Å². The van der Waals surface area contributed by atoms with Crippen molar-refractivity contribution in [3.05, 3.63) is 25.1 Å². The molecule has 0 aliphatic rings. The Balaban J connectivity index is 0.000000411. The van der Waals surface area contributed by atoms with Crippen LogP contribution in [-0.4, -0.2) is 29.4 Å². The molecule has 0 aliphatic carbocycles. The van der Waals surface area contributed by atoms with Crippen LogP contribution in [0.15, 0.2) is 0 Å². The Bertz CT molecular complexity index is 307. The van der Waals surface area contributed by atoms with Crippen LogP contribution in [0.1, 0.15) is 0 Å². The molecule has 0 heterocycles. The van der Waals surface area contributed by atoms with Crippen molar-refractivity contribution in [2.45, 2.75) is 6.10 Å². The van der Waals surface area contributed by atoms with Crippen LogP contribution in [0.25, 0.3) is 0 Å². The molecule has 1 aromatic rings. The first-order chi connectivity index (χ1) is 8.27. The number of benzene rings is 1. The minimum Gasteiger partial charge on any atom is -0.505 e. The fourth-order valence-electron chi connectivity index (χ4n) is 0.690. The average molecular weight is 356 g/mol. The zero-order valence-corrected chi connectivity index (χ0v) is 12.7. The number of aromatic hydroxyl groups is 1. The van der Waals surface area contributed by atoms with E-state index in [1.54, 1.807) is 0 Å². The van der Waals surface area contributed by atoms with Gasteiger partial charge >= 0.3 is 0 Å². The highest BCUT2D eigenvalue weighted by Crippen LogP contribution is 2.47. The molecule has 0 aromatic heterocycles. The Hall–Kier alpha value is 0.350. The van der Waals surface area contributed by atoms with Gasteiger partial charge in [0.1, 0.15) is 10.0 Å². The summed E-state index contributed by atoms with van der Waals surface area (Å²) >= 11 is 27.9. The van der Waals surface area contributed by atoms with Crippen LogP contribution in [0.2, 0.25) is 25.1 Å². The Morgan fingerprint density at radius 1 is 0.778 bits per heavy atom. The van der Waals surface area contributed by atoms with Crippen LogP contribution in [0.3, 0.4) is 0 Å². The lowest BCUT2D eigenvalue weighted by atomic mass is 10.3. The molecule has 6 N–H and O–H groups in total. The van der Waals surface area contributed by atoms with E-state index in [2.05, 4.69) is 0 Å². The number of hydrogen-bond donors (Lipinski definition) is 4. The maximum atomic E-state index is 9.20. The van der Waals surface area contributed by atoms with E-state index in [0.717, 1.165) is 0 Å². The van der Waals surface area contributed by atoms with Gasteiger partial charge in [0.2, 0.25) is 0 Å². The molecular weight excluding hydrogens is 345 g/mol. The molecule has 1 rings (SSSR count). The molecule has 0 radical (unpaired) electrons. The van der Waals surface area contributed by atoms with Crippen LogP contribution in [0.5, 0.6) is 5.75 Å². The van der Waals surface area contributed by atoms with Crippen molar-refractivity contribution in [3.8, 4) is 5.75 Å². The molecule has 0 fully saturated rings. The highest BCUT2D eigenvalue weighted by molar-refractivity contribution is 6.55. The summed E-state index contributed by atoms with van der Waals surface area (Å²) < 4.78 is 0. The monoisotopic (exact) mass is 354 g/mol. The van der Waals surface area contributed by atoms with Gasteiger partial charge in [-0.15, -0.1) is 0 Å². The summed E-state index contributed by atoms with van der Waals surface area (Å²) in [6.07, 6.45) is -0.509. The molecule has 18 heavy (non-hydrogen) atoms. The number of rotatable bonds is 2.